The number of halogens is 2. The molecule has 10 heteroatoms. The van der Waals surface area contributed by atoms with Crippen molar-refractivity contribution < 1.29 is 18.0 Å². The normalized spacial score (nSPS) is 12.2. The summed E-state index contributed by atoms with van der Waals surface area (Å²) in [5.74, 6) is -0.538. The van der Waals surface area contributed by atoms with Crippen LogP contribution in [0, 0.1) is 0 Å². The van der Waals surface area contributed by atoms with Gasteiger partial charge in [0, 0.05) is 41.7 Å². The number of benzene rings is 2. The van der Waals surface area contributed by atoms with E-state index in [0.717, 1.165) is 18.2 Å². The Kier molecular flexibility index (Phi) is 11.5. The highest BCUT2D eigenvalue weighted by Gasteiger charge is 2.29. The third-order valence-electron chi connectivity index (χ3n) is 5.91. The molecule has 0 aliphatic heterocycles. The maximum Gasteiger partial charge on any atom is 0.242 e. The Morgan fingerprint density at radius 3 is 2.11 bits per heavy atom. The van der Waals surface area contributed by atoms with E-state index in [1.807, 2.05) is 32.9 Å². The van der Waals surface area contributed by atoms with E-state index in [9.17, 15) is 18.0 Å². The number of likely N-dealkylation sites (N-methyl/N-ethyl adjacent to an activating group) is 1. The van der Waals surface area contributed by atoms with E-state index >= 15 is 0 Å². The molecule has 7 nitrogen and oxygen atoms in total. The summed E-state index contributed by atoms with van der Waals surface area (Å²) in [6.45, 7) is 6.31. The zero-order valence-corrected chi connectivity index (χ0v) is 23.6. The van der Waals surface area contributed by atoms with Gasteiger partial charge < -0.3 is 10.2 Å². The molecule has 0 unspecified atom stereocenters. The van der Waals surface area contributed by atoms with Gasteiger partial charge >= 0.3 is 0 Å². The first-order valence-corrected chi connectivity index (χ1v) is 14.7. The molecule has 0 aliphatic carbocycles. The highest BCUT2D eigenvalue weighted by atomic mass is 35.5. The molecule has 0 fully saturated rings. The molecule has 0 aliphatic rings. The summed E-state index contributed by atoms with van der Waals surface area (Å²) < 4.78 is 26.3. The maximum atomic E-state index is 13.4. The van der Waals surface area contributed by atoms with Crippen LogP contribution >= 0.6 is 23.2 Å². The standard InChI is InChI=1S/C26H35Cl2N3O4S/c1-5-19-13-15-20(16-14-19)31(36(4,34)35)17-9-12-25(32)30(24(6-2)26(33)29-7-3)18-21-22(27)10-8-11-23(21)28/h8,10-11,13-16,24H,5-7,9,12,17-18H2,1-4H3,(H,29,33)/t24-/m0/s1. The molecule has 0 heterocycles. The Hall–Kier alpha value is -2.29. The van der Waals surface area contributed by atoms with Crippen molar-refractivity contribution in [2.24, 2.45) is 0 Å². The summed E-state index contributed by atoms with van der Waals surface area (Å²) in [6, 6.07) is 11.7. The van der Waals surface area contributed by atoms with E-state index in [1.165, 1.54) is 9.21 Å². The van der Waals surface area contributed by atoms with Crippen molar-refractivity contribution in [1.29, 1.82) is 0 Å². The number of nitrogens with one attached hydrogen (secondary N) is 1. The third-order valence-corrected chi connectivity index (χ3v) is 7.81. The molecule has 2 aromatic rings. The maximum absolute atomic E-state index is 13.4. The molecule has 36 heavy (non-hydrogen) atoms. The molecule has 2 amide bonds. The number of carbonyl (C=O) groups is 2. The van der Waals surface area contributed by atoms with Crippen LogP contribution in [-0.2, 0) is 32.6 Å². The molecule has 0 aromatic heterocycles. The smallest absolute Gasteiger partial charge is 0.242 e. The van der Waals surface area contributed by atoms with Gasteiger partial charge in [0.25, 0.3) is 0 Å². The summed E-state index contributed by atoms with van der Waals surface area (Å²) in [4.78, 5) is 27.7. The second kappa shape index (κ2) is 13.9. The number of amides is 2. The number of nitrogens with zero attached hydrogens (tertiary/aromatic N) is 2. The summed E-state index contributed by atoms with van der Waals surface area (Å²) in [5, 5.41) is 3.60. The van der Waals surface area contributed by atoms with Gasteiger partial charge in [-0.2, -0.15) is 0 Å². The Bertz CT molecular complexity index is 1120. The number of aryl methyl sites for hydroxylation is 1. The lowest BCUT2D eigenvalue weighted by atomic mass is 10.1. The van der Waals surface area contributed by atoms with Crippen LogP contribution in [-0.4, -0.2) is 50.5 Å². The zero-order chi connectivity index (χ0) is 26.9. The van der Waals surface area contributed by atoms with Crippen molar-refractivity contribution in [3.05, 3.63) is 63.6 Å². The molecule has 198 valence electrons. The van der Waals surface area contributed by atoms with E-state index in [0.29, 0.717) is 34.3 Å². The molecule has 0 radical (unpaired) electrons. The van der Waals surface area contributed by atoms with E-state index < -0.39 is 16.1 Å². The molecule has 2 rings (SSSR count). The number of carbonyl (C=O) groups excluding carboxylic acids is 2. The largest absolute Gasteiger partial charge is 0.355 e. The van der Waals surface area contributed by atoms with E-state index in [2.05, 4.69) is 5.32 Å². The highest BCUT2D eigenvalue weighted by molar-refractivity contribution is 7.92. The molecular formula is C26H35Cl2N3O4S. The summed E-state index contributed by atoms with van der Waals surface area (Å²) in [7, 11) is -3.55. The molecule has 1 N–H and O–H groups in total. The number of hydrogen-bond donors (Lipinski definition) is 1. The zero-order valence-electron chi connectivity index (χ0n) is 21.3. The lowest BCUT2D eigenvalue weighted by molar-refractivity contribution is -0.141. The lowest BCUT2D eigenvalue weighted by Crippen LogP contribution is -2.49. The molecule has 0 spiro atoms. The predicted molar refractivity (Wildman–Crippen MR) is 147 cm³/mol. The van der Waals surface area contributed by atoms with Crippen LogP contribution in [0.15, 0.2) is 42.5 Å². The predicted octanol–water partition coefficient (Wildman–Crippen LogP) is 5.05. The Morgan fingerprint density at radius 2 is 1.61 bits per heavy atom. The molecule has 0 saturated carbocycles. The summed E-state index contributed by atoms with van der Waals surface area (Å²) >= 11 is 12.7. The average molecular weight is 557 g/mol. The van der Waals surface area contributed by atoms with Gasteiger partial charge in [0.05, 0.1) is 11.9 Å². The van der Waals surface area contributed by atoms with Crippen LogP contribution in [0.5, 0.6) is 0 Å². The van der Waals surface area contributed by atoms with E-state index in [-0.39, 0.29) is 37.7 Å². The topological polar surface area (TPSA) is 86.8 Å². The fourth-order valence-electron chi connectivity index (χ4n) is 3.97. The van der Waals surface area contributed by atoms with Crippen molar-refractivity contribution in [1.82, 2.24) is 10.2 Å². The third kappa shape index (κ3) is 8.11. The quantitative estimate of drug-likeness (QED) is 0.374. The first kappa shape index (κ1) is 29.9. The van der Waals surface area contributed by atoms with Crippen LogP contribution in [0.2, 0.25) is 10.0 Å². The summed E-state index contributed by atoms with van der Waals surface area (Å²) in [5.41, 5.74) is 2.22. The Balaban J connectivity index is 2.24. The molecule has 1 atom stereocenters. The van der Waals surface area contributed by atoms with Gasteiger partial charge in [-0.05, 0) is 56.0 Å². The van der Waals surface area contributed by atoms with Gasteiger partial charge in [0.15, 0.2) is 0 Å². The van der Waals surface area contributed by atoms with Crippen LogP contribution in [0.3, 0.4) is 0 Å². The van der Waals surface area contributed by atoms with E-state index in [1.54, 1.807) is 30.3 Å². The fraction of sp³-hybridized carbons (Fsp3) is 0.462. The molecule has 2 aromatic carbocycles. The second-order valence-corrected chi connectivity index (χ2v) is 11.2. The van der Waals surface area contributed by atoms with Crippen LogP contribution < -0.4 is 9.62 Å². The number of anilines is 1. The number of hydrogen-bond acceptors (Lipinski definition) is 4. The van der Waals surface area contributed by atoms with Crippen LogP contribution in [0.4, 0.5) is 5.69 Å². The summed E-state index contributed by atoms with van der Waals surface area (Å²) in [6.07, 6.45) is 2.73. The second-order valence-electron chi connectivity index (χ2n) is 8.50. The van der Waals surface area contributed by atoms with Gasteiger partial charge in [0.2, 0.25) is 21.8 Å². The molecular weight excluding hydrogens is 521 g/mol. The van der Waals surface area contributed by atoms with Crippen molar-refractivity contribution in [3.63, 3.8) is 0 Å². The highest BCUT2D eigenvalue weighted by Crippen LogP contribution is 2.27. The van der Waals surface area contributed by atoms with Crippen molar-refractivity contribution in [2.45, 2.75) is 59.0 Å². The van der Waals surface area contributed by atoms with Crippen molar-refractivity contribution in [3.8, 4) is 0 Å². The van der Waals surface area contributed by atoms with Gasteiger partial charge in [-0.25, -0.2) is 8.42 Å². The number of sulfonamides is 1. The van der Waals surface area contributed by atoms with Crippen molar-refractivity contribution >= 4 is 50.7 Å². The van der Waals surface area contributed by atoms with E-state index in [4.69, 9.17) is 23.2 Å². The van der Waals surface area contributed by atoms with Gasteiger partial charge in [-0.1, -0.05) is 55.2 Å². The minimum Gasteiger partial charge on any atom is -0.355 e. The van der Waals surface area contributed by atoms with Gasteiger partial charge in [0.1, 0.15) is 6.04 Å². The minimum atomic E-state index is -3.55. The minimum absolute atomic E-state index is 0.0526. The molecule has 0 bridgehead atoms. The Morgan fingerprint density at radius 1 is 1.00 bits per heavy atom. The first-order chi connectivity index (χ1) is 17.0. The lowest BCUT2D eigenvalue weighted by Gasteiger charge is -2.31. The fourth-order valence-corrected chi connectivity index (χ4v) is 5.45. The van der Waals surface area contributed by atoms with Gasteiger partial charge in [-0.3, -0.25) is 13.9 Å². The monoisotopic (exact) mass is 555 g/mol. The van der Waals surface area contributed by atoms with Gasteiger partial charge in [-0.15, -0.1) is 0 Å². The van der Waals surface area contributed by atoms with Crippen molar-refractivity contribution in [2.75, 3.05) is 23.7 Å². The average Bonchev–Trinajstić information content (AvgIpc) is 2.83. The van der Waals surface area contributed by atoms with Crippen LogP contribution in [0.25, 0.3) is 0 Å². The first-order valence-electron chi connectivity index (χ1n) is 12.1. The SMILES string of the molecule is CCNC(=O)[C@H](CC)N(Cc1c(Cl)cccc1Cl)C(=O)CCCN(c1ccc(CC)cc1)S(C)(=O)=O. The molecule has 0 saturated heterocycles. The van der Waals surface area contributed by atoms with Crippen LogP contribution in [0.1, 0.15) is 51.2 Å². The number of rotatable bonds is 13. The Labute approximate surface area is 224 Å².